The number of hydrogen-bond donors (Lipinski definition) is 2. The molecule has 39 heavy (non-hydrogen) atoms. The zero-order chi connectivity index (χ0) is 28.1. The van der Waals surface area contributed by atoms with Gasteiger partial charge in [0, 0.05) is 13.1 Å². The van der Waals surface area contributed by atoms with Crippen molar-refractivity contribution in [2.75, 3.05) is 38.2 Å². The summed E-state index contributed by atoms with van der Waals surface area (Å²) in [6, 6.07) is 22.4. The fourth-order valence-electron chi connectivity index (χ4n) is 4.18. The molecule has 0 aliphatic heterocycles. The Balaban J connectivity index is 0.000000329. The Labute approximate surface area is 243 Å². The smallest absolute Gasteiger partial charge is 0.663 e. The van der Waals surface area contributed by atoms with Crippen molar-refractivity contribution >= 4 is 39.2 Å². The first-order chi connectivity index (χ1) is 18.3. The predicted octanol–water partition coefficient (Wildman–Crippen LogP) is 4.33. The van der Waals surface area contributed by atoms with Gasteiger partial charge in [0.15, 0.2) is 0 Å². The third kappa shape index (κ3) is 8.76. The summed E-state index contributed by atoms with van der Waals surface area (Å²) in [5.74, 6) is -1.45. The summed E-state index contributed by atoms with van der Waals surface area (Å²) in [5.41, 5.74) is 1.42. The molecule has 0 radical (unpaired) electrons. The molecule has 0 spiro atoms. The van der Waals surface area contributed by atoms with Crippen molar-refractivity contribution in [3.8, 4) is 5.75 Å². The van der Waals surface area contributed by atoms with Crippen LogP contribution in [0.25, 0.3) is 26.9 Å². The van der Waals surface area contributed by atoms with E-state index in [1.54, 1.807) is 12.1 Å². The second-order valence-electron chi connectivity index (χ2n) is 8.18. The van der Waals surface area contributed by atoms with Crippen LogP contribution in [-0.2, 0) is 0 Å². The number of carbonyl (C=O) groups is 2. The third-order valence-electron chi connectivity index (χ3n) is 6.00. The number of methoxy groups -OCH3 is 1. The molecule has 0 fully saturated rings. The van der Waals surface area contributed by atoms with E-state index in [2.05, 4.69) is 10.2 Å². The molecule has 0 aliphatic carbocycles. The number of anilines is 1. The predicted molar refractivity (Wildman–Crippen MR) is 156 cm³/mol. The van der Waals surface area contributed by atoms with Gasteiger partial charge in [-0.05, 0) is 47.5 Å². The SMILES string of the molecule is CCN(CC)c1ccc2ccccc2c1C(=O)O.CC[N-]CC.COc1ccc2ccccc2c1C(=O)O.[Li+]. The standard InChI is InChI=1S/C15H17NO2.C12H10O3.C4H10N.Li/c1-3-16(4-2)13-10-9-11-7-5-6-8-12(11)14(13)15(17)18;1-15-10-7-6-8-4-2-3-5-9(8)11(10)12(13)14;1-3-5-4-2;/h5-10H,3-4H2,1-2H3,(H,17,18);2-7H,1H3,(H,13,14);3-4H2,1-2H3;/q;;-1;+1. The molecule has 0 saturated heterocycles. The van der Waals surface area contributed by atoms with Crippen LogP contribution in [0.4, 0.5) is 5.69 Å². The Morgan fingerprint density at radius 1 is 0.718 bits per heavy atom. The number of carboxylic acids is 2. The summed E-state index contributed by atoms with van der Waals surface area (Å²) >= 11 is 0. The summed E-state index contributed by atoms with van der Waals surface area (Å²) in [6.45, 7) is 11.7. The molecule has 0 aliphatic rings. The fraction of sp³-hybridized carbons (Fsp3) is 0.290. The van der Waals surface area contributed by atoms with Crippen LogP contribution < -0.4 is 28.5 Å². The van der Waals surface area contributed by atoms with E-state index < -0.39 is 11.9 Å². The third-order valence-corrected chi connectivity index (χ3v) is 6.00. The summed E-state index contributed by atoms with van der Waals surface area (Å²) in [7, 11) is 1.47. The number of hydrogen-bond acceptors (Lipinski definition) is 4. The zero-order valence-electron chi connectivity index (χ0n) is 23.8. The van der Waals surface area contributed by atoms with Gasteiger partial charge in [-0.3, -0.25) is 0 Å². The van der Waals surface area contributed by atoms with E-state index in [1.165, 1.54) is 7.11 Å². The number of fused-ring (bicyclic) bond motifs is 2. The van der Waals surface area contributed by atoms with Gasteiger partial charge in [0.1, 0.15) is 11.3 Å². The number of benzene rings is 4. The Bertz CT molecular complexity index is 1350. The van der Waals surface area contributed by atoms with E-state index in [0.717, 1.165) is 48.0 Å². The molecule has 0 heterocycles. The van der Waals surface area contributed by atoms with E-state index in [1.807, 2.05) is 88.4 Å². The molecule has 0 saturated carbocycles. The van der Waals surface area contributed by atoms with Crippen molar-refractivity contribution in [1.29, 1.82) is 0 Å². The van der Waals surface area contributed by atoms with Crippen LogP contribution in [0, 0.1) is 0 Å². The molecule has 7 nitrogen and oxygen atoms in total. The maximum absolute atomic E-state index is 11.5. The molecular formula is C31H37LiN2O5. The molecule has 0 unspecified atom stereocenters. The Hall–Kier alpha value is -3.50. The quantitative estimate of drug-likeness (QED) is 0.333. The first-order valence-corrected chi connectivity index (χ1v) is 12.8. The summed E-state index contributed by atoms with van der Waals surface area (Å²) in [6.07, 6.45) is 0. The summed E-state index contributed by atoms with van der Waals surface area (Å²) < 4.78 is 5.03. The first-order valence-electron chi connectivity index (χ1n) is 12.8. The number of ether oxygens (including phenoxy) is 1. The number of carboxylic acid groups (broad SMARTS) is 2. The van der Waals surface area contributed by atoms with E-state index in [-0.39, 0.29) is 24.4 Å². The molecule has 202 valence electrons. The molecule has 2 N–H and O–H groups in total. The van der Waals surface area contributed by atoms with Crippen LogP contribution >= 0.6 is 0 Å². The van der Waals surface area contributed by atoms with E-state index in [0.29, 0.717) is 16.7 Å². The number of rotatable bonds is 8. The van der Waals surface area contributed by atoms with Crippen molar-refractivity contribution in [1.82, 2.24) is 0 Å². The number of aromatic carboxylic acids is 2. The van der Waals surface area contributed by atoms with Gasteiger partial charge in [0.25, 0.3) is 0 Å². The van der Waals surface area contributed by atoms with Gasteiger partial charge < -0.3 is 25.2 Å². The average molecular weight is 525 g/mol. The Morgan fingerprint density at radius 3 is 1.59 bits per heavy atom. The molecule has 0 atom stereocenters. The molecule has 0 aromatic heterocycles. The maximum atomic E-state index is 11.5. The Kier molecular flexibility index (Phi) is 14.7. The van der Waals surface area contributed by atoms with Gasteiger partial charge in [-0.1, -0.05) is 74.5 Å². The van der Waals surface area contributed by atoms with E-state index in [4.69, 9.17) is 9.84 Å². The fourth-order valence-corrected chi connectivity index (χ4v) is 4.18. The molecule has 8 heteroatoms. The van der Waals surface area contributed by atoms with E-state index in [9.17, 15) is 14.7 Å². The number of nitrogens with zero attached hydrogens (tertiary/aromatic N) is 2. The topological polar surface area (TPSA) is 101 Å². The van der Waals surface area contributed by atoms with Crippen LogP contribution in [0.3, 0.4) is 0 Å². The van der Waals surface area contributed by atoms with Gasteiger partial charge in [0.2, 0.25) is 0 Å². The largest absolute Gasteiger partial charge is 1.00 e. The molecule has 4 aromatic rings. The van der Waals surface area contributed by atoms with Crippen molar-refractivity contribution < 1.29 is 43.4 Å². The van der Waals surface area contributed by atoms with Crippen LogP contribution in [0.2, 0.25) is 0 Å². The van der Waals surface area contributed by atoms with Crippen LogP contribution in [0.15, 0.2) is 72.8 Å². The van der Waals surface area contributed by atoms with Crippen LogP contribution in [-0.4, -0.2) is 55.4 Å². The second-order valence-corrected chi connectivity index (χ2v) is 8.18. The monoisotopic (exact) mass is 524 g/mol. The minimum atomic E-state index is -0.969. The van der Waals surface area contributed by atoms with Gasteiger partial charge in [-0.15, -0.1) is 0 Å². The molecular weight excluding hydrogens is 487 g/mol. The van der Waals surface area contributed by atoms with Gasteiger partial charge in [0.05, 0.1) is 18.4 Å². The van der Waals surface area contributed by atoms with Crippen LogP contribution in [0.1, 0.15) is 48.4 Å². The molecule has 4 rings (SSSR count). The normalized spacial score (nSPS) is 9.87. The maximum Gasteiger partial charge on any atom is 1.00 e. The average Bonchev–Trinajstić information content (AvgIpc) is 2.93. The molecule has 0 amide bonds. The van der Waals surface area contributed by atoms with Crippen molar-refractivity contribution in [2.45, 2.75) is 27.7 Å². The molecule has 4 aromatic carbocycles. The van der Waals surface area contributed by atoms with Gasteiger partial charge in [-0.2, -0.15) is 13.1 Å². The van der Waals surface area contributed by atoms with Gasteiger partial charge >= 0.3 is 30.8 Å². The van der Waals surface area contributed by atoms with Crippen molar-refractivity contribution in [3.63, 3.8) is 0 Å². The van der Waals surface area contributed by atoms with Gasteiger partial charge in [-0.25, -0.2) is 9.59 Å². The minimum absolute atomic E-state index is 0. The Morgan fingerprint density at radius 2 is 1.18 bits per heavy atom. The summed E-state index contributed by atoms with van der Waals surface area (Å²) in [4.78, 5) is 24.7. The van der Waals surface area contributed by atoms with Crippen molar-refractivity contribution in [2.24, 2.45) is 0 Å². The zero-order valence-corrected chi connectivity index (χ0v) is 23.8. The minimum Gasteiger partial charge on any atom is -0.663 e. The van der Waals surface area contributed by atoms with E-state index >= 15 is 0 Å². The van der Waals surface area contributed by atoms with Crippen molar-refractivity contribution in [3.05, 3.63) is 89.2 Å². The molecule has 0 bridgehead atoms. The summed E-state index contributed by atoms with van der Waals surface area (Å²) in [5, 5.41) is 25.9. The van der Waals surface area contributed by atoms with Crippen LogP contribution in [0.5, 0.6) is 5.75 Å². The first kappa shape index (κ1) is 33.5. The second kappa shape index (κ2) is 17.2.